The van der Waals surface area contributed by atoms with Crippen molar-refractivity contribution in [3.05, 3.63) is 35.4 Å². The molecule has 0 aromatic heterocycles. The summed E-state index contributed by atoms with van der Waals surface area (Å²) in [5, 5.41) is 16.3. The Morgan fingerprint density at radius 3 is 2.52 bits per heavy atom. The quantitative estimate of drug-likeness (QED) is 0.565. The minimum atomic E-state index is -1.42. The van der Waals surface area contributed by atoms with Crippen LogP contribution < -0.4 is 10.6 Å². The molecular weight excluding hydrogens is 414 g/mol. The molecule has 0 spiro atoms. The first kappa shape index (κ1) is 25.2. The van der Waals surface area contributed by atoms with E-state index in [2.05, 4.69) is 10.6 Å². The molecule has 3 N–H and O–H groups in total. The molecule has 8 heteroatoms. The van der Waals surface area contributed by atoms with Gasteiger partial charge in [0.05, 0.1) is 11.9 Å². The summed E-state index contributed by atoms with van der Waals surface area (Å²) in [6.45, 7) is 11.5. The molecule has 1 heterocycles. The Balaban J connectivity index is 2.09. The highest BCUT2D eigenvalue weighted by atomic mass is 32.2. The van der Waals surface area contributed by atoms with Crippen molar-refractivity contribution in [2.45, 2.75) is 77.4 Å². The molecule has 2 rings (SSSR count). The van der Waals surface area contributed by atoms with Crippen LogP contribution in [0.15, 0.2) is 24.3 Å². The van der Waals surface area contributed by atoms with Crippen molar-refractivity contribution < 1.29 is 19.5 Å². The maximum Gasteiger partial charge on any atom is 0.254 e. The SMILES string of the molecule is CCC(C)C(=O)NC(C)C(O)C(=O)N1CSC(C)(C)[C@H]1C(=O)NCc1ccccc1C. The lowest BCUT2D eigenvalue weighted by molar-refractivity contribution is -0.147. The van der Waals surface area contributed by atoms with Gasteiger partial charge in [-0.1, -0.05) is 38.1 Å². The van der Waals surface area contributed by atoms with E-state index in [1.165, 1.54) is 16.7 Å². The molecule has 0 bridgehead atoms. The number of carbonyl (C=O) groups excluding carboxylic acids is 3. The van der Waals surface area contributed by atoms with Gasteiger partial charge in [0.15, 0.2) is 6.10 Å². The predicted molar refractivity (Wildman–Crippen MR) is 123 cm³/mol. The average molecular weight is 450 g/mol. The number of benzene rings is 1. The van der Waals surface area contributed by atoms with Crippen LogP contribution in [-0.4, -0.2) is 56.5 Å². The van der Waals surface area contributed by atoms with E-state index in [1.54, 1.807) is 13.8 Å². The van der Waals surface area contributed by atoms with Crippen LogP contribution in [-0.2, 0) is 20.9 Å². The second-order valence-electron chi connectivity index (χ2n) is 8.78. The van der Waals surface area contributed by atoms with E-state index in [1.807, 2.05) is 52.0 Å². The van der Waals surface area contributed by atoms with Crippen molar-refractivity contribution in [3.63, 3.8) is 0 Å². The van der Waals surface area contributed by atoms with E-state index in [-0.39, 0.29) is 17.7 Å². The first-order valence-corrected chi connectivity index (χ1v) is 11.7. The van der Waals surface area contributed by atoms with E-state index in [0.717, 1.165) is 11.1 Å². The molecular formula is C23H35N3O4S. The van der Waals surface area contributed by atoms with Gasteiger partial charge in [-0.3, -0.25) is 14.4 Å². The van der Waals surface area contributed by atoms with Gasteiger partial charge in [0.25, 0.3) is 5.91 Å². The summed E-state index contributed by atoms with van der Waals surface area (Å²) < 4.78 is -0.506. The van der Waals surface area contributed by atoms with Crippen LogP contribution in [0.2, 0.25) is 0 Å². The van der Waals surface area contributed by atoms with Gasteiger partial charge in [0, 0.05) is 17.2 Å². The molecule has 0 aliphatic carbocycles. The Morgan fingerprint density at radius 2 is 1.90 bits per heavy atom. The fourth-order valence-corrected chi connectivity index (χ4v) is 4.66. The van der Waals surface area contributed by atoms with Gasteiger partial charge >= 0.3 is 0 Å². The number of aliphatic hydroxyl groups excluding tert-OH is 1. The Bertz CT molecular complexity index is 814. The highest BCUT2D eigenvalue weighted by Crippen LogP contribution is 2.39. The Labute approximate surface area is 189 Å². The molecule has 1 saturated heterocycles. The summed E-state index contributed by atoms with van der Waals surface area (Å²) in [4.78, 5) is 39.7. The standard InChI is InChI=1S/C23H35N3O4S/c1-7-14(2)20(28)25-16(4)18(27)22(30)26-13-31-23(5,6)19(26)21(29)24-12-17-11-9-8-10-15(17)3/h8-11,14,16,18-19,27H,7,12-13H2,1-6H3,(H,24,29)(H,25,28)/t14?,16?,18?,19-/m1/s1. The van der Waals surface area contributed by atoms with Gasteiger partial charge < -0.3 is 20.6 Å². The molecule has 1 aliphatic rings. The second kappa shape index (κ2) is 10.5. The number of thioether (sulfide) groups is 1. The molecule has 7 nitrogen and oxygen atoms in total. The van der Waals surface area contributed by atoms with Crippen LogP contribution in [0, 0.1) is 12.8 Å². The summed E-state index contributed by atoms with van der Waals surface area (Å²) in [6.07, 6.45) is -0.753. The molecule has 1 aromatic carbocycles. The van der Waals surface area contributed by atoms with Gasteiger partial charge in [-0.05, 0) is 45.2 Å². The second-order valence-corrected chi connectivity index (χ2v) is 10.4. The van der Waals surface area contributed by atoms with Crippen molar-refractivity contribution in [1.29, 1.82) is 0 Å². The number of nitrogens with one attached hydrogen (secondary N) is 2. The van der Waals surface area contributed by atoms with Crippen LogP contribution in [0.25, 0.3) is 0 Å². The topological polar surface area (TPSA) is 98.7 Å². The smallest absolute Gasteiger partial charge is 0.254 e. The number of hydrogen-bond donors (Lipinski definition) is 3. The fraction of sp³-hybridized carbons (Fsp3) is 0.609. The minimum absolute atomic E-state index is 0.203. The van der Waals surface area contributed by atoms with Crippen molar-refractivity contribution in [3.8, 4) is 0 Å². The molecule has 172 valence electrons. The lowest BCUT2D eigenvalue weighted by Crippen LogP contribution is -2.58. The maximum absolute atomic E-state index is 13.1. The summed E-state index contributed by atoms with van der Waals surface area (Å²) in [6, 6.07) is 6.33. The average Bonchev–Trinajstić information content (AvgIpc) is 3.05. The summed E-state index contributed by atoms with van der Waals surface area (Å²) in [5.74, 6) is -0.908. The lowest BCUT2D eigenvalue weighted by Gasteiger charge is -2.32. The number of aryl methyl sites for hydroxylation is 1. The number of aliphatic hydroxyl groups is 1. The maximum atomic E-state index is 13.1. The van der Waals surface area contributed by atoms with Crippen LogP contribution in [0.4, 0.5) is 0 Å². The van der Waals surface area contributed by atoms with Crippen LogP contribution in [0.5, 0.6) is 0 Å². The third-order valence-electron chi connectivity index (χ3n) is 5.95. The Morgan fingerprint density at radius 1 is 1.26 bits per heavy atom. The van der Waals surface area contributed by atoms with Gasteiger partial charge in [0.2, 0.25) is 11.8 Å². The van der Waals surface area contributed by atoms with Gasteiger partial charge in [0.1, 0.15) is 6.04 Å². The first-order chi connectivity index (χ1) is 14.5. The zero-order chi connectivity index (χ0) is 23.3. The van der Waals surface area contributed by atoms with Crippen LogP contribution in [0.3, 0.4) is 0 Å². The van der Waals surface area contributed by atoms with Crippen molar-refractivity contribution in [1.82, 2.24) is 15.5 Å². The van der Waals surface area contributed by atoms with Crippen LogP contribution >= 0.6 is 11.8 Å². The summed E-state index contributed by atoms with van der Waals surface area (Å²) in [5.41, 5.74) is 2.09. The molecule has 0 radical (unpaired) electrons. The third kappa shape index (κ3) is 6.01. The van der Waals surface area contributed by atoms with E-state index in [9.17, 15) is 19.5 Å². The fourth-order valence-electron chi connectivity index (χ4n) is 3.51. The van der Waals surface area contributed by atoms with E-state index in [4.69, 9.17) is 0 Å². The molecule has 31 heavy (non-hydrogen) atoms. The van der Waals surface area contributed by atoms with Gasteiger partial charge in [-0.15, -0.1) is 11.8 Å². The lowest BCUT2D eigenvalue weighted by atomic mass is 9.99. The Hall–Kier alpha value is -2.06. The molecule has 1 aromatic rings. The van der Waals surface area contributed by atoms with Crippen LogP contribution in [0.1, 0.15) is 52.2 Å². The highest BCUT2D eigenvalue weighted by molar-refractivity contribution is 8.00. The molecule has 3 unspecified atom stereocenters. The largest absolute Gasteiger partial charge is 0.381 e. The van der Waals surface area contributed by atoms with Gasteiger partial charge in [-0.25, -0.2) is 0 Å². The zero-order valence-corrected chi connectivity index (χ0v) is 20.1. The molecule has 4 atom stereocenters. The Kier molecular flexibility index (Phi) is 8.54. The van der Waals surface area contributed by atoms with Gasteiger partial charge in [-0.2, -0.15) is 0 Å². The monoisotopic (exact) mass is 449 g/mol. The normalized spacial score (nSPS) is 20.6. The molecule has 1 fully saturated rings. The molecule has 0 saturated carbocycles. The highest BCUT2D eigenvalue weighted by Gasteiger charge is 2.49. The van der Waals surface area contributed by atoms with E-state index < -0.39 is 28.8 Å². The molecule has 1 aliphatic heterocycles. The first-order valence-electron chi connectivity index (χ1n) is 10.7. The molecule has 3 amide bonds. The third-order valence-corrected chi connectivity index (χ3v) is 7.32. The number of nitrogens with zero attached hydrogens (tertiary/aromatic N) is 1. The predicted octanol–water partition coefficient (Wildman–Crippen LogP) is 2.20. The zero-order valence-electron chi connectivity index (χ0n) is 19.3. The minimum Gasteiger partial charge on any atom is -0.381 e. The van der Waals surface area contributed by atoms with Crippen molar-refractivity contribution in [2.24, 2.45) is 5.92 Å². The van der Waals surface area contributed by atoms with E-state index >= 15 is 0 Å². The van der Waals surface area contributed by atoms with Crippen molar-refractivity contribution in [2.75, 3.05) is 5.88 Å². The number of rotatable bonds is 8. The summed E-state index contributed by atoms with van der Waals surface area (Å²) >= 11 is 1.49. The summed E-state index contributed by atoms with van der Waals surface area (Å²) in [7, 11) is 0. The van der Waals surface area contributed by atoms with E-state index in [0.29, 0.717) is 18.8 Å². The number of hydrogen-bond acceptors (Lipinski definition) is 5. The number of carbonyl (C=O) groups is 3. The number of amides is 3. The van der Waals surface area contributed by atoms with Crippen molar-refractivity contribution >= 4 is 29.5 Å².